The first-order chi connectivity index (χ1) is 18.0. The molecule has 0 spiro atoms. The number of nitro groups is 1. The summed E-state index contributed by atoms with van der Waals surface area (Å²) in [5, 5.41) is 22.7. The summed E-state index contributed by atoms with van der Waals surface area (Å²) < 4.78 is 6.62. The Labute approximate surface area is 215 Å². The van der Waals surface area contributed by atoms with Crippen LogP contribution in [-0.4, -0.2) is 45.7 Å². The van der Waals surface area contributed by atoms with Crippen molar-refractivity contribution in [1.29, 1.82) is 0 Å². The summed E-state index contributed by atoms with van der Waals surface area (Å²) in [6.07, 6.45) is 3.25. The second-order valence-corrected chi connectivity index (χ2v) is 9.70. The molecule has 0 bridgehead atoms. The molecule has 5 aromatic rings. The number of nitro benzene ring substituents is 1. The Bertz CT molecular complexity index is 1690. The Hall–Kier alpha value is -5.14. The summed E-state index contributed by atoms with van der Waals surface area (Å²) in [5.74, 6) is -0.0206. The van der Waals surface area contributed by atoms with Crippen LogP contribution in [0.25, 0.3) is 33.8 Å². The molecule has 14 nitrogen and oxygen atoms in total. The molecule has 0 atom stereocenters. The van der Waals surface area contributed by atoms with E-state index in [0.29, 0.717) is 50.9 Å². The van der Waals surface area contributed by atoms with E-state index in [1.54, 1.807) is 42.3 Å². The number of H-pyrrole nitrogens is 1. The number of carbonyl (C=O) groups is 1. The Balaban J connectivity index is 1.43. The second kappa shape index (κ2) is 9.06. The number of nitrogens with zero attached hydrogens (tertiary/aromatic N) is 7. The van der Waals surface area contributed by atoms with E-state index in [1.165, 1.54) is 6.07 Å². The normalized spacial score (nSPS) is 11.7. The molecule has 0 unspecified atom stereocenters. The molecule has 4 aromatic heterocycles. The molecule has 0 aliphatic carbocycles. The van der Waals surface area contributed by atoms with Crippen molar-refractivity contribution >= 4 is 28.4 Å². The molecular weight excluding hydrogens is 492 g/mol. The van der Waals surface area contributed by atoms with Crippen LogP contribution in [0.2, 0.25) is 0 Å². The van der Waals surface area contributed by atoms with E-state index >= 15 is 0 Å². The van der Waals surface area contributed by atoms with E-state index in [-0.39, 0.29) is 18.1 Å². The maximum absolute atomic E-state index is 12.5. The number of imidazole rings is 1. The van der Waals surface area contributed by atoms with Crippen molar-refractivity contribution < 1.29 is 14.2 Å². The Morgan fingerprint density at radius 1 is 1.26 bits per heavy atom. The van der Waals surface area contributed by atoms with Gasteiger partial charge in [0.25, 0.3) is 5.69 Å². The van der Waals surface area contributed by atoms with Gasteiger partial charge in [0, 0.05) is 42.0 Å². The minimum atomic E-state index is -0.625. The lowest BCUT2D eigenvalue weighted by Crippen LogP contribution is -2.24. The summed E-state index contributed by atoms with van der Waals surface area (Å²) >= 11 is 0. The first-order valence-electron chi connectivity index (χ1n) is 11.6. The van der Waals surface area contributed by atoms with Crippen molar-refractivity contribution in [1.82, 2.24) is 40.2 Å². The number of aromatic amines is 1. The highest BCUT2D eigenvalue weighted by molar-refractivity contribution is 5.92. The van der Waals surface area contributed by atoms with Gasteiger partial charge in [-0.05, 0) is 17.7 Å². The van der Waals surface area contributed by atoms with Crippen LogP contribution < -0.4 is 11.1 Å². The van der Waals surface area contributed by atoms with E-state index < -0.39 is 16.2 Å². The zero-order valence-electron chi connectivity index (χ0n) is 21.0. The Morgan fingerprint density at radius 2 is 2.05 bits per heavy atom. The van der Waals surface area contributed by atoms with Crippen molar-refractivity contribution in [3.8, 4) is 22.6 Å². The number of pyridine rings is 1. The van der Waals surface area contributed by atoms with Gasteiger partial charge in [-0.1, -0.05) is 32.0 Å². The second-order valence-electron chi connectivity index (χ2n) is 9.70. The number of benzene rings is 1. The molecule has 4 heterocycles. The molecule has 0 saturated heterocycles. The summed E-state index contributed by atoms with van der Waals surface area (Å²) in [4.78, 5) is 40.1. The SMILES string of the molecule is Cn1cc(N)c(-c2nc3c(-c4ccc(CNC(=O)c5nc(C(C)(C)C)no5)c([N+](=O)[O-])c4)ccnc3[nH]2)n1. The summed E-state index contributed by atoms with van der Waals surface area (Å²) in [7, 11) is 1.75. The molecule has 14 heteroatoms. The standard InChI is InChI=1S/C24H24N10O4/c1-24(2,3)23-30-22(38-32-23)21(35)27-10-13-6-5-12(9-16(13)34(36)37)14-7-8-26-19-17(14)28-20(29-19)18-15(25)11-33(4)31-18/h5-9,11H,10,25H2,1-4H3,(H,27,35)(H,26,28,29). The topological polar surface area (TPSA) is 197 Å². The first-order valence-corrected chi connectivity index (χ1v) is 11.6. The summed E-state index contributed by atoms with van der Waals surface area (Å²) in [5.41, 5.74) is 8.88. The molecule has 0 fully saturated rings. The van der Waals surface area contributed by atoms with Crippen LogP contribution in [0.15, 0.2) is 41.2 Å². The third-order valence-corrected chi connectivity index (χ3v) is 5.79. The van der Waals surface area contributed by atoms with Gasteiger partial charge in [-0.15, -0.1) is 0 Å². The van der Waals surface area contributed by atoms with Gasteiger partial charge in [0.1, 0.15) is 5.52 Å². The summed E-state index contributed by atoms with van der Waals surface area (Å²) in [6, 6.07) is 6.46. The smallest absolute Gasteiger partial charge is 0.315 e. The third-order valence-electron chi connectivity index (χ3n) is 5.79. The molecule has 0 saturated carbocycles. The molecule has 194 valence electrons. The lowest BCUT2D eigenvalue weighted by Gasteiger charge is -2.10. The minimum Gasteiger partial charge on any atom is -0.396 e. The van der Waals surface area contributed by atoms with E-state index in [9.17, 15) is 14.9 Å². The number of fused-ring (bicyclic) bond motifs is 1. The van der Waals surface area contributed by atoms with Crippen LogP contribution >= 0.6 is 0 Å². The monoisotopic (exact) mass is 516 g/mol. The fourth-order valence-corrected chi connectivity index (χ4v) is 3.87. The molecule has 0 aliphatic rings. The van der Waals surface area contributed by atoms with Crippen molar-refractivity contribution in [2.45, 2.75) is 32.7 Å². The van der Waals surface area contributed by atoms with Crippen molar-refractivity contribution in [3.05, 3.63) is 64.1 Å². The van der Waals surface area contributed by atoms with Gasteiger partial charge in [-0.3, -0.25) is 19.6 Å². The lowest BCUT2D eigenvalue weighted by molar-refractivity contribution is -0.385. The average Bonchev–Trinajstić information content (AvgIpc) is 3.59. The fraction of sp³-hybridized carbons (Fsp3) is 0.250. The number of nitrogen functional groups attached to an aromatic ring is 1. The number of amides is 1. The number of aryl methyl sites for hydroxylation is 1. The maximum Gasteiger partial charge on any atom is 0.315 e. The van der Waals surface area contributed by atoms with Crippen LogP contribution in [0.3, 0.4) is 0 Å². The van der Waals surface area contributed by atoms with Crippen molar-refractivity contribution in [2.24, 2.45) is 7.05 Å². The number of carbonyl (C=O) groups excluding carboxylic acids is 1. The van der Waals surface area contributed by atoms with Gasteiger partial charge in [-0.2, -0.15) is 10.1 Å². The molecule has 4 N–H and O–H groups in total. The van der Waals surface area contributed by atoms with Crippen molar-refractivity contribution in [3.63, 3.8) is 0 Å². The number of nitrogens with one attached hydrogen (secondary N) is 2. The van der Waals surface area contributed by atoms with E-state index in [4.69, 9.17) is 10.3 Å². The van der Waals surface area contributed by atoms with E-state index in [0.717, 1.165) is 0 Å². The van der Waals surface area contributed by atoms with Gasteiger partial charge >= 0.3 is 11.8 Å². The molecule has 5 rings (SSSR count). The number of anilines is 1. The molecule has 0 aliphatic heterocycles. The highest BCUT2D eigenvalue weighted by Crippen LogP contribution is 2.32. The van der Waals surface area contributed by atoms with Crippen LogP contribution in [0.4, 0.5) is 11.4 Å². The zero-order chi connectivity index (χ0) is 27.2. The zero-order valence-corrected chi connectivity index (χ0v) is 21.0. The van der Waals surface area contributed by atoms with E-state index in [1.807, 2.05) is 20.8 Å². The predicted octanol–water partition coefficient (Wildman–Crippen LogP) is 3.13. The lowest BCUT2D eigenvalue weighted by atomic mass is 9.96. The fourth-order valence-electron chi connectivity index (χ4n) is 3.87. The van der Waals surface area contributed by atoms with Gasteiger partial charge in [0.2, 0.25) is 0 Å². The Kier molecular flexibility index (Phi) is 5.86. The number of rotatable bonds is 6. The van der Waals surface area contributed by atoms with Gasteiger partial charge < -0.3 is 20.6 Å². The minimum absolute atomic E-state index is 0.111. The van der Waals surface area contributed by atoms with Gasteiger partial charge in [0.05, 0.1) is 17.2 Å². The van der Waals surface area contributed by atoms with Crippen LogP contribution in [0.5, 0.6) is 0 Å². The quantitative estimate of drug-likeness (QED) is 0.223. The Morgan fingerprint density at radius 3 is 2.71 bits per heavy atom. The van der Waals surface area contributed by atoms with E-state index in [2.05, 4.69) is 35.5 Å². The van der Waals surface area contributed by atoms with Crippen LogP contribution in [-0.2, 0) is 19.0 Å². The highest BCUT2D eigenvalue weighted by atomic mass is 16.6. The number of aromatic nitrogens is 7. The number of nitrogens with two attached hydrogens (primary N) is 1. The third kappa shape index (κ3) is 4.54. The maximum atomic E-state index is 12.5. The molecule has 1 aromatic carbocycles. The number of hydrogen-bond acceptors (Lipinski definition) is 10. The van der Waals surface area contributed by atoms with Gasteiger partial charge in [-0.25, -0.2) is 9.97 Å². The van der Waals surface area contributed by atoms with Gasteiger partial charge in [0.15, 0.2) is 23.0 Å². The molecule has 38 heavy (non-hydrogen) atoms. The summed E-state index contributed by atoms with van der Waals surface area (Å²) in [6.45, 7) is 5.55. The molecule has 1 amide bonds. The number of hydrogen-bond donors (Lipinski definition) is 3. The van der Waals surface area contributed by atoms with Crippen LogP contribution in [0.1, 0.15) is 42.8 Å². The largest absolute Gasteiger partial charge is 0.396 e. The predicted molar refractivity (Wildman–Crippen MR) is 137 cm³/mol. The van der Waals surface area contributed by atoms with Crippen molar-refractivity contribution in [2.75, 3.05) is 5.73 Å². The average molecular weight is 517 g/mol. The highest BCUT2D eigenvalue weighted by Gasteiger charge is 2.25. The molecular formula is C24H24N10O4. The molecule has 0 radical (unpaired) electrons. The van der Waals surface area contributed by atoms with Crippen LogP contribution in [0, 0.1) is 10.1 Å². The first kappa shape index (κ1) is 24.5.